The molecule has 0 unspecified atom stereocenters. The van der Waals surface area contributed by atoms with Crippen molar-refractivity contribution in [3.8, 4) is 5.75 Å². The molecule has 1 amide bonds. The molecule has 2 aromatic carbocycles. The van der Waals surface area contributed by atoms with E-state index in [2.05, 4.69) is 25.4 Å². The molecule has 3 aromatic heterocycles. The first-order chi connectivity index (χ1) is 15.6. The zero-order valence-electron chi connectivity index (χ0n) is 17.1. The van der Waals surface area contributed by atoms with Gasteiger partial charge < -0.3 is 15.8 Å². The smallest absolute Gasteiger partial charge is 0.258 e. The molecule has 5 rings (SSSR count). The van der Waals surface area contributed by atoms with Crippen molar-refractivity contribution in [1.29, 1.82) is 0 Å². The molecule has 0 aliphatic heterocycles. The zero-order chi connectivity index (χ0) is 22.1. The Morgan fingerprint density at radius 2 is 2.16 bits per heavy atom. The van der Waals surface area contributed by atoms with Crippen LogP contribution in [0.5, 0.6) is 5.75 Å². The van der Waals surface area contributed by atoms with E-state index in [4.69, 9.17) is 10.5 Å². The van der Waals surface area contributed by atoms with E-state index in [1.807, 2.05) is 46.6 Å². The number of ether oxygens (including phenoxy) is 1. The number of hydrogen-bond acceptors (Lipinski definition) is 8. The Morgan fingerprint density at radius 3 is 2.97 bits per heavy atom. The van der Waals surface area contributed by atoms with Crippen molar-refractivity contribution in [3.05, 3.63) is 65.5 Å². The Kier molecular flexibility index (Phi) is 5.12. The van der Waals surface area contributed by atoms with Gasteiger partial charge in [0.15, 0.2) is 6.10 Å². The second kappa shape index (κ2) is 8.23. The predicted octanol–water partition coefficient (Wildman–Crippen LogP) is 3.48. The normalized spacial score (nSPS) is 12.2. The van der Waals surface area contributed by atoms with Crippen molar-refractivity contribution >= 4 is 50.6 Å². The van der Waals surface area contributed by atoms with Crippen molar-refractivity contribution in [2.45, 2.75) is 19.6 Å². The van der Waals surface area contributed by atoms with E-state index in [1.54, 1.807) is 30.5 Å². The SMILES string of the molecule is C[C@H](Oc1cccc2ncnc(Nc3ccc4c(cnn4Cc4nccs4)c3)c12)C(N)=O. The van der Waals surface area contributed by atoms with E-state index in [0.717, 1.165) is 21.6 Å². The zero-order valence-corrected chi connectivity index (χ0v) is 17.9. The van der Waals surface area contributed by atoms with Crippen molar-refractivity contribution in [2.24, 2.45) is 5.73 Å². The number of rotatable bonds is 7. The summed E-state index contributed by atoms with van der Waals surface area (Å²) in [5, 5.41) is 12.5. The number of thiazole rings is 1. The molecule has 0 saturated carbocycles. The lowest BCUT2D eigenvalue weighted by molar-refractivity contribution is -0.123. The molecule has 5 aromatic rings. The van der Waals surface area contributed by atoms with Crippen molar-refractivity contribution in [1.82, 2.24) is 24.7 Å². The Balaban J connectivity index is 1.48. The number of carbonyl (C=O) groups excluding carboxylic acids is 1. The summed E-state index contributed by atoms with van der Waals surface area (Å²) in [4.78, 5) is 24.5. The maximum Gasteiger partial charge on any atom is 0.258 e. The molecule has 0 aliphatic rings. The molecule has 0 saturated heterocycles. The minimum Gasteiger partial charge on any atom is -0.480 e. The summed E-state index contributed by atoms with van der Waals surface area (Å²) >= 11 is 1.60. The van der Waals surface area contributed by atoms with E-state index in [1.165, 1.54) is 6.33 Å². The minimum atomic E-state index is -0.784. The van der Waals surface area contributed by atoms with Gasteiger partial charge in [0.25, 0.3) is 5.91 Å². The first-order valence-electron chi connectivity index (χ1n) is 9.89. The summed E-state index contributed by atoms with van der Waals surface area (Å²) in [6, 6.07) is 11.4. The Morgan fingerprint density at radius 1 is 1.25 bits per heavy atom. The third-order valence-electron chi connectivity index (χ3n) is 5.00. The van der Waals surface area contributed by atoms with Crippen LogP contribution in [0.25, 0.3) is 21.8 Å². The highest BCUT2D eigenvalue weighted by molar-refractivity contribution is 7.09. The highest BCUT2D eigenvalue weighted by atomic mass is 32.1. The van der Waals surface area contributed by atoms with Crippen LogP contribution in [0, 0.1) is 0 Å². The van der Waals surface area contributed by atoms with Gasteiger partial charge in [-0.25, -0.2) is 15.0 Å². The van der Waals surface area contributed by atoms with E-state index in [-0.39, 0.29) is 0 Å². The topological polar surface area (TPSA) is 121 Å². The van der Waals surface area contributed by atoms with Gasteiger partial charge in [-0.1, -0.05) is 6.07 Å². The van der Waals surface area contributed by atoms with Crippen molar-refractivity contribution in [3.63, 3.8) is 0 Å². The minimum absolute atomic E-state index is 0.481. The number of nitrogens with zero attached hydrogens (tertiary/aromatic N) is 5. The molecule has 0 bridgehead atoms. The van der Waals surface area contributed by atoms with Crippen LogP contribution < -0.4 is 15.8 Å². The van der Waals surface area contributed by atoms with Crippen molar-refractivity contribution < 1.29 is 9.53 Å². The number of aromatic nitrogens is 5. The van der Waals surface area contributed by atoms with Gasteiger partial charge in [0.1, 0.15) is 22.9 Å². The second-order valence-electron chi connectivity index (χ2n) is 7.16. The lowest BCUT2D eigenvalue weighted by atomic mass is 10.2. The summed E-state index contributed by atoms with van der Waals surface area (Å²) in [6.07, 6.45) is 4.32. The van der Waals surface area contributed by atoms with E-state index >= 15 is 0 Å². The summed E-state index contributed by atoms with van der Waals surface area (Å²) in [6.45, 7) is 2.23. The van der Waals surface area contributed by atoms with Crippen LogP contribution in [0.3, 0.4) is 0 Å². The van der Waals surface area contributed by atoms with Crippen LogP contribution in [-0.2, 0) is 11.3 Å². The maximum absolute atomic E-state index is 11.5. The molecule has 9 nitrogen and oxygen atoms in total. The lowest BCUT2D eigenvalue weighted by Gasteiger charge is -2.15. The van der Waals surface area contributed by atoms with Crippen LogP contribution in [0.2, 0.25) is 0 Å². The first kappa shape index (κ1) is 19.9. The molecular weight excluding hydrogens is 426 g/mol. The van der Waals surface area contributed by atoms with Gasteiger partial charge in [0.2, 0.25) is 0 Å². The quantitative estimate of drug-likeness (QED) is 0.393. The number of carbonyl (C=O) groups is 1. The van der Waals surface area contributed by atoms with Crippen LogP contribution in [-0.4, -0.2) is 36.7 Å². The molecule has 0 spiro atoms. The number of nitrogens with two attached hydrogens (primary N) is 1. The molecule has 0 radical (unpaired) electrons. The van der Waals surface area contributed by atoms with Crippen molar-refractivity contribution in [2.75, 3.05) is 5.32 Å². The van der Waals surface area contributed by atoms with Gasteiger partial charge in [-0.05, 0) is 37.3 Å². The fourth-order valence-electron chi connectivity index (χ4n) is 3.41. The summed E-state index contributed by atoms with van der Waals surface area (Å²) in [7, 11) is 0. The number of benzene rings is 2. The molecule has 32 heavy (non-hydrogen) atoms. The van der Waals surface area contributed by atoms with E-state index < -0.39 is 12.0 Å². The van der Waals surface area contributed by atoms with Gasteiger partial charge in [0.05, 0.1) is 29.2 Å². The standard InChI is InChI=1S/C22H19N7O2S/c1-13(21(23)30)31-18-4-2-3-16-20(18)22(26-12-25-16)28-15-5-6-17-14(9-15)10-27-29(17)11-19-24-7-8-32-19/h2-10,12-13H,11H2,1H3,(H2,23,30)(H,25,26,28)/t13-/m0/s1. The predicted molar refractivity (Wildman–Crippen MR) is 123 cm³/mol. The average molecular weight is 446 g/mol. The second-order valence-corrected chi connectivity index (χ2v) is 8.14. The summed E-state index contributed by atoms with van der Waals surface area (Å²) < 4.78 is 7.70. The molecular formula is C22H19N7O2S. The third-order valence-corrected chi connectivity index (χ3v) is 5.77. The number of fused-ring (bicyclic) bond motifs is 2. The fourth-order valence-corrected chi connectivity index (χ4v) is 4.00. The molecule has 1 atom stereocenters. The highest BCUT2D eigenvalue weighted by Crippen LogP contribution is 2.32. The Labute approximate surface area is 186 Å². The third kappa shape index (κ3) is 3.83. The van der Waals surface area contributed by atoms with Gasteiger partial charge in [0, 0.05) is 22.7 Å². The average Bonchev–Trinajstić information content (AvgIpc) is 3.44. The molecule has 10 heteroatoms. The molecule has 3 heterocycles. The summed E-state index contributed by atoms with van der Waals surface area (Å²) in [5.41, 5.74) is 7.90. The molecule has 0 fully saturated rings. The molecule has 3 N–H and O–H groups in total. The van der Waals surface area contributed by atoms with Gasteiger partial charge in [-0.15, -0.1) is 11.3 Å². The van der Waals surface area contributed by atoms with Gasteiger partial charge in [-0.2, -0.15) is 5.10 Å². The van der Waals surface area contributed by atoms with Gasteiger partial charge >= 0.3 is 0 Å². The monoisotopic (exact) mass is 445 g/mol. The van der Waals surface area contributed by atoms with E-state index in [9.17, 15) is 4.79 Å². The van der Waals surface area contributed by atoms with Crippen LogP contribution >= 0.6 is 11.3 Å². The number of amides is 1. The highest BCUT2D eigenvalue weighted by Gasteiger charge is 2.16. The number of nitrogens with one attached hydrogen (secondary N) is 1. The number of anilines is 2. The maximum atomic E-state index is 11.5. The van der Waals surface area contributed by atoms with Gasteiger partial charge in [-0.3, -0.25) is 9.48 Å². The molecule has 0 aliphatic carbocycles. The Bertz CT molecular complexity index is 1410. The number of primary amides is 1. The van der Waals surface area contributed by atoms with Crippen LogP contribution in [0.1, 0.15) is 11.9 Å². The first-order valence-corrected chi connectivity index (χ1v) is 10.8. The van der Waals surface area contributed by atoms with E-state index in [0.29, 0.717) is 29.0 Å². The fraction of sp³-hybridized carbons (Fsp3) is 0.136. The number of hydrogen-bond donors (Lipinski definition) is 2. The largest absolute Gasteiger partial charge is 0.480 e. The lowest BCUT2D eigenvalue weighted by Crippen LogP contribution is -2.30. The van der Waals surface area contributed by atoms with Crippen LogP contribution in [0.15, 0.2) is 60.5 Å². The molecule has 160 valence electrons. The Hall–Kier alpha value is -4.05. The summed E-state index contributed by atoms with van der Waals surface area (Å²) in [5.74, 6) is 0.500. The van der Waals surface area contributed by atoms with Crippen LogP contribution in [0.4, 0.5) is 11.5 Å².